The van der Waals surface area contributed by atoms with Gasteiger partial charge in [-0.05, 0) is 23.9 Å². The zero-order chi connectivity index (χ0) is 10.3. The van der Waals surface area contributed by atoms with Crippen LogP contribution in [0.2, 0.25) is 0 Å². The standard InChI is InChI=1S/C11H12N2S2/c1-7-2-3-14-10(7)9-6-15-11(13-9)8-4-12-5-8/h2-3,6,8,12H,4-5H2,1H3. The highest BCUT2D eigenvalue weighted by Gasteiger charge is 2.22. The third-order valence-corrected chi connectivity index (χ3v) is 4.79. The lowest BCUT2D eigenvalue weighted by Crippen LogP contribution is -2.39. The fraction of sp³-hybridized carbons (Fsp3) is 0.364. The molecule has 1 fully saturated rings. The van der Waals surface area contributed by atoms with Crippen molar-refractivity contribution in [2.75, 3.05) is 13.1 Å². The summed E-state index contributed by atoms with van der Waals surface area (Å²) >= 11 is 3.58. The lowest BCUT2D eigenvalue weighted by molar-refractivity contribution is 0.447. The van der Waals surface area contributed by atoms with E-state index in [4.69, 9.17) is 4.98 Å². The first-order valence-electron chi connectivity index (χ1n) is 5.05. The molecular formula is C11H12N2S2. The molecule has 2 aromatic heterocycles. The monoisotopic (exact) mass is 236 g/mol. The molecule has 1 saturated heterocycles. The molecule has 0 atom stereocenters. The number of thiazole rings is 1. The van der Waals surface area contributed by atoms with E-state index in [0.717, 1.165) is 18.8 Å². The Morgan fingerprint density at radius 1 is 1.40 bits per heavy atom. The molecule has 0 amide bonds. The Balaban J connectivity index is 1.93. The Labute approximate surface area is 97.0 Å². The average molecular weight is 236 g/mol. The summed E-state index contributed by atoms with van der Waals surface area (Å²) in [5, 5.41) is 8.89. The van der Waals surface area contributed by atoms with E-state index in [9.17, 15) is 0 Å². The van der Waals surface area contributed by atoms with Crippen LogP contribution in [0.5, 0.6) is 0 Å². The highest BCUT2D eigenvalue weighted by Crippen LogP contribution is 2.32. The van der Waals surface area contributed by atoms with Gasteiger partial charge in [0.1, 0.15) is 0 Å². The van der Waals surface area contributed by atoms with Gasteiger partial charge in [0.15, 0.2) is 0 Å². The van der Waals surface area contributed by atoms with Crippen LogP contribution < -0.4 is 5.32 Å². The predicted octanol–water partition coefficient (Wildman–Crippen LogP) is 2.87. The topological polar surface area (TPSA) is 24.9 Å². The molecule has 1 aliphatic rings. The van der Waals surface area contributed by atoms with Crippen molar-refractivity contribution < 1.29 is 0 Å². The Kier molecular flexibility index (Phi) is 2.35. The van der Waals surface area contributed by atoms with Gasteiger partial charge in [0, 0.05) is 24.4 Å². The van der Waals surface area contributed by atoms with Crippen molar-refractivity contribution >= 4 is 22.7 Å². The van der Waals surface area contributed by atoms with Crippen LogP contribution >= 0.6 is 22.7 Å². The molecule has 0 saturated carbocycles. The first kappa shape index (κ1) is 9.51. The molecule has 4 heteroatoms. The first-order chi connectivity index (χ1) is 7.34. The van der Waals surface area contributed by atoms with Crippen LogP contribution in [0.3, 0.4) is 0 Å². The van der Waals surface area contributed by atoms with Gasteiger partial charge in [-0.15, -0.1) is 22.7 Å². The van der Waals surface area contributed by atoms with E-state index in [0.29, 0.717) is 5.92 Å². The number of nitrogens with zero attached hydrogens (tertiary/aromatic N) is 1. The molecule has 78 valence electrons. The van der Waals surface area contributed by atoms with E-state index in [1.165, 1.54) is 15.4 Å². The number of thiophene rings is 1. The van der Waals surface area contributed by atoms with Gasteiger partial charge >= 0.3 is 0 Å². The first-order valence-corrected chi connectivity index (χ1v) is 6.81. The second-order valence-electron chi connectivity index (χ2n) is 3.86. The summed E-state index contributed by atoms with van der Waals surface area (Å²) in [7, 11) is 0. The molecule has 1 aliphatic heterocycles. The second kappa shape index (κ2) is 3.70. The molecule has 0 spiro atoms. The van der Waals surface area contributed by atoms with Gasteiger partial charge in [0.25, 0.3) is 0 Å². The maximum Gasteiger partial charge on any atom is 0.0989 e. The van der Waals surface area contributed by atoms with Gasteiger partial charge < -0.3 is 5.32 Å². The zero-order valence-corrected chi connectivity index (χ0v) is 10.1. The van der Waals surface area contributed by atoms with Crippen molar-refractivity contribution in [2.45, 2.75) is 12.8 Å². The van der Waals surface area contributed by atoms with E-state index in [1.54, 1.807) is 22.7 Å². The minimum absolute atomic E-state index is 0.656. The lowest BCUT2D eigenvalue weighted by Gasteiger charge is -2.24. The molecule has 15 heavy (non-hydrogen) atoms. The van der Waals surface area contributed by atoms with E-state index >= 15 is 0 Å². The molecular weight excluding hydrogens is 224 g/mol. The van der Waals surface area contributed by atoms with E-state index < -0.39 is 0 Å². The van der Waals surface area contributed by atoms with Crippen molar-refractivity contribution in [3.05, 3.63) is 27.4 Å². The number of aromatic nitrogens is 1. The van der Waals surface area contributed by atoms with Gasteiger partial charge in [-0.3, -0.25) is 0 Å². The van der Waals surface area contributed by atoms with Crippen molar-refractivity contribution in [1.82, 2.24) is 10.3 Å². The maximum absolute atomic E-state index is 4.72. The Morgan fingerprint density at radius 3 is 2.87 bits per heavy atom. The second-order valence-corrected chi connectivity index (χ2v) is 5.66. The highest BCUT2D eigenvalue weighted by molar-refractivity contribution is 7.14. The van der Waals surface area contributed by atoms with Gasteiger partial charge in [0.05, 0.1) is 15.6 Å². The molecule has 3 rings (SSSR count). The number of rotatable bonds is 2. The van der Waals surface area contributed by atoms with Crippen molar-refractivity contribution in [2.24, 2.45) is 0 Å². The van der Waals surface area contributed by atoms with Gasteiger partial charge in [-0.2, -0.15) is 0 Å². The SMILES string of the molecule is Cc1ccsc1-c1csc(C2CNC2)n1. The van der Waals surface area contributed by atoms with Crippen molar-refractivity contribution in [1.29, 1.82) is 0 Å². The summed E-state index contributed by atoms with van der Waals surface area (Å²) in [5.74, 6) is 0.656. The molecule has 3 heterocycles. The summed E-state index contributed by atoms with van der Waals surface area (Å²) in [4.78, 5) is 6.05. The third kappa shape index (κ3) is 1.62. The fourth-order valence-corrected chi connectivity index (χ4v) is 3.55. The predicted molar refractivity (Wildman–Crippen MR) is 65.8 cm³/mol. The highest BCUT2D eigenvalue weighted by atomic mass is 32.1. The average Bonchev–Trinajstić information content (AvgIpc) is 2.70. The minimum atomic E-state index is 0.656. The summed E-state index contributed by atoms with van der Waals surface area (Å²) in [6, 6.07) is 2.16. The van der Waals surface area contributed by atoms with E-state index in [1.807, 2.05) is 0 Å². The van der Waals surface area contributed by atoms with Crippen LogP contribution in [-0.2, 0) is 0 Å². The number of hydrogen-bond donors (Lipinski definition) is 1. The molecule has 0 unspecified atom stereocenters. The summed E-state index contributed by atoms with van der Waals surface area (Å²) in [5.41, 5.74) is 2.50. The largest absolute Gasteiger partial charge is 0.315 e. The van der Waals surface area contributed by atoms with Crippen LogP contribution in [-0.4, -0.2) is 18.1 Å². The molecule has 0 bridgehead atoms. The minimum Gasteiger partial charge on any atom is -0.315 e. The summed E-state index contributed by atoms with van der Waals surface area (Å²) in [6.45, 7) is 4.34. The normalized spacial score (nSPS) is 16.6. The molecule has 2 aromatic rings. The number of aryl methyl sites for hydroxylation is 1. The fourth-order valence-electron chi connectivity index (χ4n) is 1.68. The van der Waals surface area contributed by atoms with Crippen LogP contribution in [0.1, 0.15) is 16.5 Å². The van der Waals surface area contributed by atoms with Crippen LogP contribution in [0.15, 0.2) is 16.8 Å². The number of nitrogens with one attached hydrogen (secondary N) is 1. The summed E-state index contributed by atoms with van der Waals surface area (Å²) < 4.78 is 0. The van der Waals surface area contributed by atoms with Crippen LogP contribution in [0, 0.1) is 6.92 Å². The Bertz CT molecular complexity index is 468. The molecule has 0 radical (unpaired) electrons. The van der Waals surface area contributed by atoms with Crippen molar-refractivity contribution in [3.8, 4) is 10.6 Å². The maximum atomic E-state index is 4.72. The van der Waals surface area contributed by atoms with E-state index in [2.05, 4.69) is 29.1 Å². The quantitative estimate of drug-likeness (QED) is 0.867. The van der Waals surface area contributed by atoms with Crippen LogP contribution in [0.4, 0.5) is 0 Å². The Morgan fingerprint density at radius 2 is 2.27 bits per heavy atom. The lowest BCUT2D eigenvalue weighted by atomic mass is 10.1. The van der Waals surface area contributed by atoms with Crippen LogP contribution in [0.25, 0.3) is 10.6 Å². The molecule has 0 aromatic carbocycles. The van der Waals surface area contributed by atoms with Gasteiger partial charge in [-0.1, -0.05) is 0 Å². The summed E-state index contributed by atoms with van der Waals surface area (Å²) in [6.07, 6.45) is 0. The molecule has 2 nitrogen and oxygen atoms in total. The van der Waals surface area contributed by atoms with Crippen molar-refractivity contribution in [3.63, 3.8) is 0 Å². The molecule has 1 N–H and O–H groups in total. The van der Waals surface area contributed by atoms with Gasteiger partial charge in [0.2, 0.25) is 0 Å². The molecule has 0 aliphatic carbocycles. The Hall–Kier alpha value is -0.710. The smallest absolute Gasteiger partial charge is 0.0989 e. The van der Waals surface area contributed by atoms with Gasteiger partial charge in [-0.25, -0.2) is 4.98 Å². The number of hydrogen-bond acceptors (Lipinski definition) is 4. The van der Waals surface area contributed by atoms with E-state index in [-0.39, 0.29) is 0 Å². The third-order valence-electron chi connectivity index (χ3n) is 2.75. The zero-order valence-electron chi connectivity index (χ0n) is 8.49.